The van der Waals surface area contributed by atoms with Crippen LogP contribution in [0.4, 0.5) is 5.82 Å². The number of imidazole rings is 1. The lowest BCUT2D eigenvalue weighted by atomic mass is 10.2. The summed E-state index contributed by atoms with van der Waals surface area (Å²) in [6, 6.07) is 7.98. The molecule has 0 fully saturated rings. The number of hydrogen-bond acceptors (Lipinski definition) is 4. The first-order valence-electron chi connectivity index (χ1n) is 7.73. The fraction of sp³-hybridized carbons (Fsp3) is 0.353. The number of nitrogens with two attached hydrogens (primary N) is 1. The second-order valence-corrected chi connectivity index (χ2v) is 5.45. The zero-order valence-electron chi connectivity index (χ0n) is 12.7. The standard InChI is InChI=1S/C17H20N4O/c1-2-7-14-20-15-16(21(14)10-5-6-11-22)12-8-3-4-9-13(12)19-17(15)18/h3-4,8-9,11H,2,5-7,10H2,1H3,(H2,18,19). The number of hydrogen-bond donors (Lipinski definition) is 1. The molecule has 0 aliphatic heterocycles. The third-order valence-corrected chi connectivity index (χ3v) is 3.87. The van der Waals surface area contributed by atoms with Gasteiger partial charge < -0.3 is 15.1 Å². The molecule has 5 nitrogen and oxygen atoms in total. The number of carbonyl (C=O) groups is 1. The summed E-state index contributed by atoms with van der Waals surface area (Å²) in [4.78, 5) is 19.8. The van der Waals surface area contributed by atoms with Crippen LogP contribution in [0.25, 0.3) is 21.9 Å². The van der Waals surface area contributed by atoms with E-state index in [1.54, 1.807) is 0 Å². The minimum absolute atomic E-state index is 0.472. The molecule has 0 saturated carbocycles. The van der Waals surface area contributed by atoms with Crippen molar-refractivity contribution >= 4 is 34.0 Å². The molecule has 0 saturated heterocycles. The number of rotatable bonds is 6. The Morgan fingerprint density at radius 2 is 2.09 bits per heavy atom. The van der Waals surface area contributed by atoms with Gasteiger partial charge in [0, 0.05) is 24.8 Å². The third-order valence-electron chi connectivity index (χ3n) is 3.87. The molecule has 5 heteroatoms. The lowest BCUT2D eigenvalue weighted by Gasteiger charge is -2.09. The van der Waals surface area contributed by atoms with E-state index >= 15 is 0 Å². The minimum Gasteiger partial charge on any atom is -0.382 e. The van der Waals surface area contributed by atoms with E-state index in [4.69, 9.17) is 10.7 Å². The highest BCUT2D eigenvalue weighted by Gasteiger charge is 2.16. The smallest absolute Gasteiger partial charge is 0.152 e. The molecule has 0 unspecified atom stereocenters. The monoisotopic (exact) mass is 296 g/mol. The van der Waals surface area contributed by atoms with Gasteiger partial charge in [0.1, 0.15) is 17.6 Å². The molecule has 0 aliphatic carbocycles. The Balaban J connectivity index is 2.26. The number of carbonyl (C=O) groups excluding carboxylic acids is 1. The average molecular weight is 296 g/mol. The number of aryl methyl sites for hydroxylation is 2. The van der Waals surface area contributed by atoms with Crippen LogP contribution in [0.15, 0.2) is 24.3 Å². The summed E-state index contributed by atoms with van der Waals surface area (Å²) in [5.41, 5.74) is 8.80. The van der Waals surface area contributed by atoms with Crippen molar-refractivity contribution in [1.29, 1.82) is 0 Å². The van der Waals surface area contributed by atoms with Crippen LogP contribution in [-0.4, -0.2) is 20.8 Å². The van der Waals surface area contributed by atoms with E-state index in [9.17, 15) is 4.79 Å². The number of nitrogens with zero attached hydrogens (tertiary/aromatic N) is 3. The summed E-state index contributed by atoms with van der Waals surface area (Å²) < 4.78 is 2.21. The first kappa shape index (κ1) is 14.5. The van der Waals surface area contributed by atoms with Gasteiger partial charge in [-0.05, 0) is 18.9 Å². The molecule has 0 aliphatic rings. The van der Waals surface area contributed by atoms with Crippen molar-refractivity contribution in [1.82, 2.24) is 14.5 Å². The maximum Gasteiger partial charge on any atom is 0.152 e. The van der Waals surface area contributed by atoms with E-state index in [0.717, 1.165) is 59.9 Å². The Morgan fingerprint density at radius 1 is 1.27 bits per heavy atom. The average Bonchev–Trinajstić information content (AvgIpc) is 2.88. The second-order valence-electron chi connectivity index (χ2n) is 5.45. The molecule has 0 amide bonds. The van der Waals surface area contributed by atoms with Gasteiger partial charge in [0.25, 0.3) is 0 Å². The molecule has 114 valence electrons. The summed E-state index contributed by atoms with van der Waals surface area (Å²) in [5, 5.41) is 1.06. The topological polar surface area (TPSA) is 73.8 Å². The SMILES string of the molecule is CCCc1nc2c(N)nc3ccccc3c2n1CCCC=O. The van der Waals surface area contributed by atoms with Gasteiger partial charge in [-0.2, -0.15) is 0 Å². The Kier molecular flexibility index (Phi) is 4.04. The lowest BCUT2D eigenvalue weighted by molar-refractivity contribution is -0.107. The highest BCUT2D eigenvalue weighted by Crippen LogP contribution is 2.29. The van der Waals surface area contributed by atoms with E-state index in [1.165, 1.54) is 0 Å². The maximum atomic E-state index is 10.6. The third kappa shape index (κ3) is 2.43. The van der Waals surface area contributed by atoms with Crippen molar-refractivity contribution in [3.63, 3.8) is 0 Å². The number of anilines is 1. The van der Waals surface area contributed by atoms with Gasteiger partial charge in [0.2, 0.25) is 0 Å². The number of nitrogen functional groups attached to an aromatic ring is 1. The van der Waals surface area contributed by atoms with E-state index in [2.05, 4.69) is 22.5 Å². The van der Waals surface area contributed by atoms with Gasteiger partial charge in [0.05, 0.1) is 11.0 Å². The summed E-state index contributed by atoms with van der Waals surface area (Å²) in [7, 11) is 0. The van der Waals surface area contributed by atoms with Crippen molar-refractivity contribution in [2.45, 2.75) is 39.2 Å². The predicted octanol–water partition coefficient (Wildman–Crippen LogP) is 3.10. The Morgan fingerprint density at radius 3 is 2.86 bits per heavy atom. The summed E-state index contributed by atoms with van der Waals surface area (Å²) in [6.07, 6.45) is 4.24. The van der Waals surface area contributed by atoms with Gasteiger partial charge in [-0.1, -0.05) is 25.1 Å². The first-order valence-corrected chi connectivity index (χ1v) is 7.73. The van der Waals surface area contributed by atoms with Crippen molar-refractivity contribution in [3.05, 3.63) is 30.1 Å². The number of unbranched alkanes of at least 4 members (excludes halogenated alkanes) is 1. The Labute approximate surface area is 129 Å². The van der Waals surface area contributed by atoms with Gasteiger partial charge in [-0.3, -0.25) is 0 Å². The molecule has 2 heterocycles. The van der Waals surface area contributed by atoms with E-state index in [0.29, 0.717) is 12.2 Å². The molecule has 3 aromatic rings. The van der Waals surface area contributed by atoms with Gasteiger partial charge in [-0.25, -0.2) is 9.97 Å². The largest absolute Gasteiger partial charge is 0.382 e. The van der Waals surface area contributed by atoms with Crippen molar-refractivity contribution in [3.8, 4) is 0 Å². The zero-order valence-corrected chi connectivity index (χ0v) is 12.7. The van der Waals surface area contributed by atoms with Crippen LogP contribution in [-0.2, 0) is 17.8 Å². The quantitative estimate of drug-likeness (QED) is 0.560. The predicted molar refractivity (Wildman–Crippen MR) is 88.7 cm³/mol. The summed E-state index contributed by atoms with van der Waals surface area (Å²) in [6.45, 7) is 2.91. The van der Waals surface area contributed by atoms with Crippen LogP contribution in [0.1, 0.15) is 32.0 Å². The van der Waals surface area contributed by atoms with E-state index < -0.39 is 0 Å². The molecule has 0 radical (unpaired) electrons. The van der Waals surface area contributed by atoms with Crippen molar-refractivity contribution < 1.29 is 4.79 Å². The molecule has 0 atom stereocenters. The van der Waals surface area contributed by atoms with E-state index in [1.807, 2.05) is 18.2 Å². The number of aromatic nitrogens is 3. The maximum absolute atomic E-state index is 10.6. The van der Waals surface area contributed by atoms with Crippen LogP contribution in [0.5, 0.6) is 0 Å². The molecule has 1 aromatic carbocycles. The summed E-state index contributed by atoms with van der Waals surface area (Å²) in [5.74, 6) is 1.49. The van der Waals surface area contributed by atoms with Crippen molar-refractivity contribution in [2.24, 2.45) is 0 Å². The molecule has 0 bridgehead atoms. The second kappa shape index (κ2) is 6.13. The molecule has 22 heavy (non-hydrogen) atoms. The van der Waals surface area contributed by atoms with Crippen LogP contribution >= 0.6 is 0 Å². The number of fused-ring (bicyclic) bond motifs is 3. The van der Waals surface area contributed by atoms with Gasteiger partial charge in [-0.15, -0.1) is 0 Å². The van der Waals surface area contributed by atoms with Crippen LogP contribution in [0, 0.1) is 0 Å². The highest BCUT2D eigenvalue weighted by molar-refractivity contribution is 6.06. The van der Waals surface area contributed by atoms with E-state index in [-0.39, 0.29) is 0 Å². The normalized spacial score (nSPS) is 11.3. The molecular formula is C17H20N4O. The van der Waals surface area contributed by atoms with Crippen LogP contribution in [0.3, 0.4) is 0 Å². The molecule has 2 N–H and O–H groups in total. The number of benzene rings is 1. The first-order chi connectivity index (χ1) is 10.8. The number of pyridine rings is 1. The fourth-order valence-corrected chi connectivity index (χ4v) is 2.89. The number of para-hydroxylation sites is 1. The zero-order chi connectivity index (χ0) is 15.5. The van der Waals surface area contributed by atoms with Gasteiger partial charge in [0.15, 0.2) is 5.82 Å². The van der Waals surface area contributed by atoms with Crippen molar-refractivity contribution in [2.75, 3.05) is 5.73 Å². The summed E-state index contributed by atoms with van der Waals surface area (Å²) >= 11 is 0. The van der Waals surface area contributed by atoms with Crippen LogP contribution in [0.2, 0.25) is 0 Å². The fourth-order valence-electron chi connectivity index (χ4n) is 2.89. The highest BCUT2D eigenvalue weighted by atomic mass is 16.1. The number of aldehydes is 1. The van der Waals surface area contributed by atoms with Crippen LogP contribution < -0.4 is 5.73 Å². The van der Waals surface area contributed by atoms with Gasteiger partial charge >= 0.3 is 0 Å². The molecular weight excluding hydrogens is 276 g/mol. The molecule has 0 spiro atoms. The Bertz CT molecular complexity index is 822. The molecule has 2 aromatic heterocycles. The minimum atomic E-state index is 0.472. The molecule has 3 rings (SSSR count). The lowest BCUT2D eigenvalue weighted by Crippen LogP contribution is -2.04. The Hall–Kier alpha value is -2.43.